The number of aliphatic hydroxyl groups is 3. The summed E-state index contributed by atoms with van der Waals surface area (Å²) in [6.07, 6.45) is -0.676. The highest BCUT2D eigenvalue weighted by molar-refractivity contribution is 5.83. The van der Waals surface area contributed by atoms with Crippen molar-refractivity contribution in [3.05, 3.63) is 42.5 Å². The van der Waals surface area contributed by atoms with Crippen LogP contribution >= 0.6 is 0 Å². The predicted molar refractivity (Wildman–Crippen MR) is 86.1 cm³/mol. The van der Waals surface area contributed by atoms with Crippen LogP contribution in [0.4, 0.5) is 0 Å². The molecule has 0 fully saturated rings. The van der Waals surface area contributed by atoms with Crippen molar-refractivity contribution in [2.24, 2.45) is 0 Å². The summed E-state index contributed by atoms with van der Waals surface area (Å²) in [5, 5.41) is 30.2. The maximum Gasteiger partial charge on any atom is 0.120 e. The van der Waals surface area contributed by atoms with Crippen molar-refractivity contribution in [1.29, 1.82) is 0 Å². The summed E-state index contributed by atoms with van der Waals surface area (Å²) < 4.78 is 5.63. The van der Waals surface area contributed by atoms with Gasteiger partial charge in [0.2, 0.25) is 0 Å². The first-order valence-corrected chi connectivity index (χ1v) is 7.46. The molecule has 22 heavy (non-hydrogen) atoms. The Labute approximate surface area is 130 Å². The van der Waals surface area contributed by atoms with E-state index in [1.165, 1.54) is 0 Å². The van der Waals surface area contributed by atoms with Gasteiger partial charge in [-0.2, -0.15) is 0 Å². The second kappa shape index (κ2) is 8.70. The summed E-state index contributed by atoms with van der Waals surface area (Å²) in [7, 11) is 0. The van der Waals surface area contributed by atoms with Crippen molar-refractivity contribution in [3.8, 4) is 5.75 Å². The molecule has 0 aliphatic carbocycles. The molecule has 0 amide bonds. The lowest BCUT2D eigenvalue weighted by atomic mass is 10.1. The fraction of sp³-hybridized carbons (Fsp3) is 0.412. The van der Waals surface area contributed by atoms with Gasteiger partial charge in [-0.3, -0.25) is 4.90 Å². The number of rotatable bonds is 9. The van der Waals surface area contributed by atoms with Crippen LogP contribution in [0.15, 0.2) is 42.5 Å². The average Bonchev–Trinajstić information content (AvgIpc) is 2.53. The highest BCUT2D eigenvalue weighted by Crippen LogP contribution is 2.20. The van der Waals surface area contributed by atoms with Crippen molar-refractivity contribution in [2.75, 3.05) is 39.5 Å². The number of hydrogen-bond acceptors (Lipinski definition) is 5. The summed E-state index contributed by atoms with van der Waals surface area (Å²) in [6, 6.07) is 13.8. The Morgan fingerprint density at radius 2 is 1.64 bits per heavy atom. The molecule has 0 saturated carbocycles. The summed E-state index contributed by atoms with van der Waals surface area (Å²) in [5.74, 6) is 0.716. The van der Waals surface area contributed by atoms with Crippen LogP contribution in [-0.4, -0.2) is 65.8 Å². The lowest BCUT2D eigenvalue weighted by Gasteiger charge is -2.23. The molecule has 2 aromatic carbocycles. The maximum atomic E-state index is 10.0. The molecule has 0 aliphatic rings. The quantitative estimate of drug-likeness (QED) is 0.641. The Morgan fingerprint density at radius 1 is 0.955 bits per heavy atom. The van der Waals surface area contributed by atoms with Crippen molar-refractivity contribution < 1.29 is 20.1 Å². The number of hydrogen-bond donors (Lipinski definition) is 3. The van der Waals surface area contributed by atoms with Gasteiger partial charge in [-0.1, -0.05) is 30.3 Å². The molecular formula is C17H23NO4. The number of benzene rings is 2. The fourth-order valence-electron chi connectivity index (χ4n) is 2.38. The highest BCUT2D eigenvalue weighted by Gasteiger charge is 2.12. The zero-order valence-electron chi connectivity index (χ0n) is 12.6. The van der Waals surface area contributed by atoms with Gasteiger partial charge in [-0.25, -0.2) is 0 Å². The minimum Gasteiger partial charge on any atom is -0.491 e. The summed E-state index contributed by atoms with van der Waals surface area (Å²) in [4.78, 5) is 1.80. The zero-order chi connectivity index (χ0) is 15.8. The van der Waals surface area contributed by atoms with Gasteiger partial charge in [0, 0.05) is 19.6 Å². The van der Waals surface area contributed by atoms with Crippen LogP contribution < -0.4 is 4.74 Å². The number of aliphatic hydroxyl groups excluding tert-OH is 3. The van der Waals surface area contributed by atoms with E-state index in [1.807, 2.05) is 42.5 Å². The van der Waals surface area contributed by atoms with E-state index in [0.29, 0.717) is 25.4 Å². The van der Waals surface area contributed by atoms with E-state index in [0.717, 1.165) is 10.8 Å². The van der Waals surface area contributed by atoms with Crippen molar-refractivity contribution in [2.45, 2.75) is 6.10 Å². The molecule has 2 aromatic rings. The van der Waals surface area contributed by atoms with Gasteiger partial charge in [0.1, 0.15) is 18.5 Å². The topological polar surface area (TPSA) is 73.2 Å². The molecule has 5 nitrogen and oxygen atoms in total. The number of ether oxygens (including phenoxy) is 1. The average molecular weight is 305 g/mol. The molecule has 120 valence electrons. The third-order valence-electron chi connectivity index (χ3n) is 3.46. The summed E-state index contributed by atoms with van der Waals surface area (Å²) in [6.45, 7) is 1.37. The van der Waals surface area contributed by atoms with Gasteiger partial charge in [0.15, 0.2) is 0 Å². The smallest absolute Gasteiger partial charge is 0.120 e. The van der Waals surface area contributed by atoms with Gasteiger partial charge in [-0.05, 0) is 22.9 Å². The number of fused-ring (bicyclic) bond motifs is 1. The van der Waals surface area contributed by atoms with Crippen molar-refractivity contribution >= 4 is 10.8 Å². The first-order chi connectivity index (χ1) is 10.7. The molecule has 0 bridgehead atoms. The third kappa shape index (κ3) is 4.96. The van der Waals surface area contributed by atoms with E-state index >= 15 is 0 Å². The molecule has 0 saturated heterocycles. The Morgan fingerprint density at radius 3 is 2.32 bits per heavy atom. The standard InChI is InChI=1S/C17H23NO4/c19-9-7-18(8-10-20)12-16(21)13-22-17-6-5-14-3-1-2-4-15(14)11-17/h1-6,11,16,19-21H,7-10,12-13H2. The minimum absolute atomic E-state index is 0.00173. The van der Waals surface area contributed by atoms with E-state index in [2.05, 4.69) is 0 Å². The first kappa shape index (κ1) is 16.7. The van der Waals surface area contributed by atoms with E-state index in [4.69, 9.17) is 14.9 Å². The molecule has 0 aliphatic heterocycles. The maximum absolute atomic E-state index is 10.0. The van der Waals surface area contributed by atoms with Crippen LogP contribution in [0.25, 0.3) is 10.8 Å². The molecule has 1 atom stereocenters. The van der Waals surface area contributed by atoms with Crippen molar-refractivity contribution in [3.63, 3.8) is 0 Å². The SMILES string of the molecule is OCCN(CCO)CC(O)COc1ccc2ccccc2c1. The minimum atomic E-state index is -0.676. The second-order valence-electron chi connectivity index (χ2n) is 5.22. The monoisotopic (exact) mass is 305 g/mol. The molecule has 0 heterocycles. The Kier molecular flexibility index (Phi) is 6.61. The van der Waals surface area contributed by atoms with Crippen LogP contribution in [0.5, 0.6) is 5.75 Å². The first-order valence-electron chi connectivity index (χ1n) is 7.46. The lowest BCUT2D eigenvalue weighted by Crippen LogP contribution is -2.38. The normalized spacial score (nSPS) is 12.7. The molecular weight excluding hydrogens is 282 g/mol. The molecule has 1 unspecified atom stereocenters. The Hall–Kier alpha value is -1.66. The van der Waals surface area contributed by atoms with Crippen LogP contribution in [-0.2, 0) is 0 Å². The van der Waals surface area contributed by atoms with E-state index in [-0.39, 0.29) is 19.8 Å². The van der Waals surface area contributed by atoms with Gasteiger partial charge >= 0.3 is 0 Å². The molecule has 0 radical (unpaired) electrons. The molecule has 3 N–H and O–H groups in total. The Balaban J connectivity index is 1.87. The van der Waals surface area contributed by atoms with Crippen LogP contribution in [0, 0.1) is 0 Å². The fourth-order valence-corrected chi connectivity index (χ4v) is 2.38. The van der Waals surface area contributed by atoms with Gasteiger partial charge < -0.3 is 20.1 Å². The lowest BCUT2D eigenvalue weighted by molar-refractivity contribution is 0.0552. The van der Waals surface area contributed by atoms with Crippen LogP contribution in [0.1, 0.15) is 0 Å². The van der Waals surface area contributed by atoms with E-state index < -0.39 is 6.10 Å². The predicted octanol–water partition coefficient (Wildman–Crippen LogP) is 0.866. The number of nitrogens with zero attached hydrogens (tertiary/aromatic N) is 1. The van der Waals surface area contributed by atoms with Gasteiger partial charge in [-0.15, -0.1) is 0 Å². The second-order valence-corrected chi connectivity index (χ2v) is 5.22. The largest absolute Gasteiger partial charge is 0.491 e. The summed E-state index contributed by atoms with van der Waals surface area (Å²) in [5.41, 5.74) is 0. The molecule has 2 rings (SSSR count). The third-order valence-corrected chi connectivity index (χ3v) is 3.46. The van der Waals surface area contributed by atoms with Gasteiger partial charge in [0.25, 0.3) is 0 Å². The Bertz CT molecular complexity index is 569. The van der Waals surface area contributed by atoms with Gasteiger partial charge in [0.05, 0.1) is 13.2 Å². The van der Waals surface area contributed by atoms with Crippen molar-refractivity contribution in [1.82, 2.24) is 4.90 Å². The molecule has 5 heteroatoms. The van der Waals surface area contributed by atoms with E-state index in [1.54, 1.807) is 4.90 Å². The molecule has 0 aromatic heterocycles. The van der Waals surface area contributed by atoms with Crippen LogP contribution in [0.3, 0.4) is 0 Å². The van der Waals surface area contributed by atoms with E-state index in [9.17, 15) is 5.11 Å². The molecule has 0 spiro atoms. The highest BCUT2D eigenvalue weighted by atomic mass is 16.5. The summed E-state index contributed by atoms with van der Waals surface area (Å²) >= 11 is 0. The zero-order valence-corrected chi connectivity index (χ0v) is 12.6. The van der Waals surface area contributed by atoms with Crippen LogP contribution in [0.2, 0.25) is 0 Å².